The predicted molar refractivity (Wildman–Crippen MR) is 54.6 cm³/mol. The monoisotopic (exact) mass is 233 g/mol. The Morgan fingerprint density at radius 1 is 1.47 bits per heavy atom. The summed E-state index contributed by atoms with van der Waals surface area (Å²) < 4.78 is 24.6. The van der Waals surface area contributed by atoms with Gasteiger partial charge in [0.2, 0.25) is 10.0 Å². The second-order valence-corrected chi connectivity index (χ2v) is 5.83. The molecular formula is C7H15N5O2S. The number of H-pyrrole nitrogens is 1. The van der Waals surface area contributed by atoms with Gasteiger partial charge < -0.3 is 0 Å². The maximum absolute atomic E-state index is 11.0. The molecule has 0 fully saturated rings. The zero-order valence-electron chi connectivity index (χ0n) is 8.98. The van der Waals surface area contributed by atoms with E-state index in [-0.39, 0.29) is 0 Å². The Kier molecular flexibility index (Phi) is 3.40. The molecule has 0 bridgehead atoms. The number of hydrogen-bond donors (Lipinski definition) is 2. The van der Waals surface area contributed by atoms with Gasteiger partial charge in [-0.1, -0.05) is 5.21 Å². The van der Waals surface area contributed by atoms with Crippen molar-refractivity contribution in [2.45, 2.75) is 32.2 Å². The smallest absolute Gasteiger partial charge is 0.209 e. The number of tetrazole rings is 1. The minimum Gasteiger partial charge on any atom is -0.213 e. The van der Waals surface area contributed by atoms with E-state index in [0.717, 1.165) is 6.26 Å². The molecule has 1 heterocycles. The summed E-state index contributed by atoms with van der Waals surface area (Å²) >= 11 is 0. The molecule has 0 saturated heterocycles. The highest BCUT2D eigenvalue weighted by atomic mass is 32.2. The lowest BCUT2D eigenvalue weighted by atomic mass is 10.00. The van der Waals surface area contributed by atoms with Crippen molar-refractivity contribution in [1.82, 2.24) is 25.3 Å². The third-order valence-corrected chi connectivity index (χ3v) is 2.75. The molecule has 1 aromatic heterocycles. The van der Waals surface area contributed by atoms with Crippen molar-refractivity contribution in [3.8, 4) is 0 Å². The molecule has 0 atom stereocenters. The summed E-state index contributed by atoms with van der Waals surface area (Å²) in [4.78, 5) is 0. The van der Waals surface area contributed by atoms with Crippen LogP contribution in [-0.4, -0.2) is 40.8 Å². The summed E-state index contributed by atoms with van der Waals surface area (Å²) in [7, 11) is -3.19. The van der Waals surface area contributed by atoms with E-state index in [1.54, 1.807) is 0 Å². The van der Waals surface area contributed by atoms with Gasteiger partial charge in [0.15, 0.2) is 5.82 Å². The third-order valence-electron chi connectivity index (χ3n) is 1.82. The van der Waals surface area contributed by atoms with Crippen molar-refractivity contribution in [1.29, 1.82) is 0 Å². The number of rotatable bonds is 5. The first kappa shape index (κ1) is 12.1. The first-order chi connectivity index (χ1) is 6.79. The zero-order chi connectivity index (χ0) is 11.5. The number of sulfonamides is 1. The molecule has 8 heteroatoms. The van der Waals surface area contributed by atoms with Crippen LogP contribution in [-0.2, 0) is 16.4 Å². The van der Waals surface area contributed by atoms with E-state index >= 15 is 0 Å². The van der Waals surface area contributed by atoms with Crippen molar-refractivity contribution < 1.29 is 8.42 Å². The maximum atomic E-state index is 11.0. The number of aromatic nitrogens is 4. The lowest BCUT2D eigenvalue weighted by Gasteiger charge is -2.24. The van der Waals surface area contributed by atoms with Gasteiger partial charge in [-0.3, -0.25) is 0 Å². The fourth-order valence-electron chi connectivity index (χ4n) is 1.27. The van der Waals surface area contributed by atoms with Crippen molar-refractivity contribution in [3.63, 3.8) is 0 Å². The van der Waals surface area contributed by atoms with Crippen molar-refractivity contribution >= 4 is 10.0 Å². The van der Waals surface area contributed by atoms with Crippen molar-refractivity contribution in [2.24, 2.45) is 0 Å². The van der Waals surface area contributed by atoms with Crippen LogP contribution >= 0.6 is 0 Å². The molecule has 0 aliphatic rings. The minimum absolute atomic E-state index is 0.506. The summed E-state index contributed by atoms with van der Waals surface area (Å²) in [5.74, 6) is 0.582. The highest BCUT2D eigenvalue weighted by Crippen LogP contribution is 2.11. The second-order valence-electron chi connectivity index (χ2n) is 4.09. The lowest BCUT2D eigenvalue weighted by molar-refractivity contribution is 0.420. The lowest BCUT2D eigenvalue weighted by Crippen LogP contribution is -2.43. The van der Waals surface area contributed by atoms with Crippen LogP contribution in [0.25, 0.3) is 0 Å². The van der Waals surface area contributed by atoms with E-state index in [9.17, 15) is 8.42 Å². The summed E-state index contributed by atoms with van der Waals surface area (Å²) in [5, 5.41) is 13.4. The molecule has 0 aliphatic carbocycles. The molecule has 7 nitrogen and oxygen atoms in total. The Morgan fingerprint density at radius 2 is 2.13 bits per heavy atom. The van der Waals surface area contributed by atoms with Crippen LogP contribution in [0.1, 0.15) is 26.1 Å². The molecule has 0 unspecified atom stereocenters. The van der Waals surface area contributed by atoms with Crippen LogP contribution in [0.2, 0.25) is 0 Å². The standard InChI is InChI=1S/C7H15N5O2S/c1-7(2,10-15(3,13)14)5-4-6-8-11-12-9-6/h10H,4-5H2,1-3H3,(H,8,9,11,12). The van der Waals surface area contributed by atoms with Crippen molar-refractivity contribution in [3.05, 3.63) is 5.82 Å². The van der Waals surface area contributed by atoms with Gasteiger partial charge >= 0.3 is 0 Å². The van der Waals surface area contributed by atoms with Crippen LogP contribution in [0.3, 0.4) is 0 Å². The highest BCUT2D eigenvalue weighted by Gasteiger charge is 2.22. The van der Waals surface area contributed by atoms with E-state index in [1.807, 2.05) is 13.8 Å². The first-order valence-corrected chi connectivity index (χ1v) is 6.39. The Morgan fingerprint density at radius 3 is 2.60 bits per heavy atom. The average molecular weight is 233 g/mol. The highest BCUT2D eigenvalue weighted by molar-refractivity contribution is 7.88. The number of nitrogens with zero attached hydrogens (tertiary/aromatic N) is 3. The van der Waals surface area contributed by atoms with Gasteiger partial charge in [-0.2, -0.15) is 5.21 Å². The van der Waals surface area contributed by atoms with Crippen LogP contribution in [0.5, 0.6) is 0 Å². The summed E-state index contributed by atoms with van der Waals surface area (Å²) in [6.07, 6.45) is 2.33. The molecule has 0 spiro atoms. The fourth-order valence-corrected chi connectivity index (χ4v) is 2.37. The van der Waals surface area contributed by atoms with Crippen LogP contribution in [0, 0.1) is 0 Å². The van der Waals surface area contributed by atoms with E-state index in [0.29, 0.717) is 18.7 Å². The van der Waals surface area contributed by atoms with Gasteiger partial charge in [0.05, 0.1) is 6.26 Å². The summed E-state index contributed by atoms with van der Waals surface area (Å²) in [6, 6.07) is 0. The molecule has 0 radical (unpaired) electrons. The molecule has 2 N–H and O–H groups in total. The molecular weight excluding hydrogens is 218 g/mol. The molecule has 1 rings (SSSR count). The van der Waals surface area contributed by atoms with E-state index in [2.05, 4.69) is 25.3 Å². The maximum Gasteiger partial charge on any atom is 0.209 e. The minimum atomic E-state index is -3.19. The number of aryl methyl sites for hydroxylation is 1. The molecule has 0 aliphatic heterocycles. The largest absolute Gasteiger partial charge is 0.213 e. The summed E-state index contributed by atoms with van der Waals surface area (Å²) in [6.45, 7) is 3.63. The van der Waals surface area contributed by atoms with Gasteiger partial charge in [0, 0.05) is 12.0 Å². The van der Waals surface area contributed by atoms with Crippen LogP contribution < -0.4 is 4.72 Å². The quantitative estimate of drug-likeness (QED) is 0.711. The first-order valence-electron chi connectivity index (χ1n) is 4.50. The van der Waals surface area contributed by atoms with Gasteiger partial charge in [0.1, 0.15) is 0 Å². The Labute approximate surface area is 88.7 Å². The third kappa shape index (κ3) is 4.84. The molecule has 0 aromatic carbocycles. The normalized spacial score (nSPS) is 13.0. The SMILES string of the molecule is CC(C)(CCc1nn[nH]n1)NS(C)(=O)=O. The van der Waals surface area contributed by atoms with Gasteiger partial charge in [-0.05, 0) is 20.3 Å². The topological polar surface area (TPSA) is 101 Å². The Balaban J connectivity index is 2.50. The van der Waals surface area contributed by atoms with Crippen LogP contribution in [0.4, 0.5) is 0 Å². The predicted octanol–water partition coefficient (Wildman–Crippen LogP) is -0.540. The number of nitrogens with one attached hydrogen (secondary N) is 2. The number of aromatic amines is 1. The second kappa shape index (κ2) is 4.23. The van der Waals surface area contributed by atoms with Gasteiger partial charge in [0.25, 0.3) is 0 Å². The molecule has 15 heavy (non-hydrogen) atoms. The van der Waals surface area contributed by atoms with E-state index in [1.165, 1.54) is 0 Å². The zero-order valence-corrected chi connectivity index (χ0v) is 9.80. The van der Waals surface area contributed by atoms with Gasteiger partial charge in [-0.25, -0.2) is 13.1 Å². The molecule has 1 aromatic rings. The average Bonchev–Trinajstić information content (AvgIpc) is 2.47. The molecule has 0 saturated carbocycles. The Bertz CT molecular complexity index is 397. The molecule has 0 amide bonds. The Hall–Kier alpha value is -1.02. The fraction of sp³-hybridized carbons (Fsp3) is 0.857. The van der Waals surface area contributed by atoms with Crippen molar-refractivity contribution in [2.75, 3.05) is 6.26 Å². The van der Waals surface area contributed by atoms with Crippen LogP contribution in [0.15, 0.2) is 0 Å². The molecule has 86 valence electrons. The number of hydrogen-bond acceptors (Lipinski definition) is 5. The summed E-state index contributed by atoms with van der Waals surface area (Å²) in [5.41, 5.74) is -0.506. The van der Waals surface area contributed by atoms with E-state index < -0.39 is 15.6 Å². The van der Waals surface area contributed by atoms with E-state index in [4.69, 9.17) is 0 Å². The van der Waals surface area contributed by atoms with Gasteiger partial charge in [-0.15, -0.1) is 10.2 Å².